The Bertz CT molecular complexity index is 275. The van der Waals surface area contributed by atoms with Gasteiger partial charge in [0.2, 0.25) is 0 Å². The van der Waals surface area contributed by atoms with Crippen LogP contribution in [0.25, 0.3) is 0 Å². The number of likely N-dealkylation sites (tertiary alicyclic amines) is 1. The number of piperidine rings is 2. The zero-order valence-corrected chi connectivity index (χ0v) is 11.9. The van der Waals surface area contributed by atoms with Crippen molar-refractivity contribution in [1.82, 2.24) is 9.80 Å². The second-order valence-electron chi connectivity index (χ2n) is 6.77. The SMILES string of the molecule is CC(N)C1CCCN(C2CCN3CCCC3C2)C1. The van der Waals surface area contributed by atoms with Crippen molar-refractivity contribution in [2.24, 2.45) is 11.7 Å². The average Bonchev–Trinajstić information content (AvgIpc) is 2.86. The number of fused-ring (bicyclic) bond motifs is 1. The van der Waals surface area contributed by atoms with Gasteiger partial charge >= 0.3 is 0 Å². The second-order valence-corrected chi connectivity index (χ2v) is 6.77. The molecule has 3 fully saturated rings. The summed E-state index contributed by atoms with van der Waals surface area (Å²) < 4.78 is 0. The monoisotopic (exact) mass is 251 g/mol. The topological polar surface area (TPSA) is 32.5 Å². The smallest absolute Gasteiger partial charge is 0.0122 e. The molecule has 3 heterocycles. The van der Waals surface area contributed by atoms with Crippen LogP contribution in [0, 0.1) is 5.92 Å². The summed E-state index contributed by atoms with van der Waals surface area (Å²) in [5.41, 5.74) is 6.11. The highest BCUT2D eigenvalue weighted by atomic mass is 15.2. The molecular formula is C15H29N3. The summed E-state index contributed by atoms with van der Waals surface area (Å²) in [6, 6.07) is 2.13. The molecule has 18 heavy (non-hydrogen) atoms. The van der Waals surface area contributed by atoms with Crippen molar-refractivity contribution in [3.8, 4) is 0 Å². The molecule has 0 aliphatic carbocycles. The van der Waals surface area contributed by atoms with Gasteiger partial charge in [0.1, 0.15) is 0 Å². The Morgan fingerprint density at radius 1 is 0.944 bits per heavy atom. The maximum absolute atomic E-state index is 6.11. The summed E-state index contributed by atoms with van der Waals surface area (Å²) in [4.78, 5) is 5.50. The molecule has 0 aromatic heterocycles. The molecule has 0 radical (unpaired) electrons. The molecule has 0 amide bonds. The van der Waals surface area contributed by atoms with Crippen LogP contribution in [0.1, 0.15) is 45.4 Å². The molecule has 3 rings (SSSR count). The highest BCUT2D eigenvalue weighted by molar-refractivity contribution is 4.92. The lowest BCUT2D eigenvalue weighted by Gasteiger charge is -2.44. The minimum atomic E-state index is 0.374. The largest absolute Gasteiger partial charge is 0.328 e. The molecule has 3 aliphatic heterocycles. The van der Waals surface area contributed by atoms with Gasteiger partial charge in [0, 0.05) is 24.7 Å². The van der Waals surface area contributed by atoms with Gasteiger partial charge in [0.25, 0.3) is 0 Å². The Morgan fingerprint density at radius 2 is 1.67 bits per heavy atom. The fourth-order valence-corrected chi connectivity index (χ4v) is 4.34. The van der Waals surface area contributed by atoms with Crippen LogP contribution in [0.15, 0.2) is 0 Å². The van der Waals surface area contributed by atoms with E-state index in [9.17, 15) is 0 Å². The van der Waals surface area contributed by atoms with Crippen molar-refractivity contribution in [1.29, 1.82) is 0 Å². The summed E-state index contributed by atoms with van der Waals surface area (Å²) in [5.74, 6) is 0.736. The highest BCUT2D eigenvalue weighted by Crippen LogP contribution is 2.31. The Hall–Kier alpha value is -0.120. The van der Waals surface area contributed by atoms with Gasteiger partial charge in [-0.3, -0.25) is 4.90 Å². The number of rotatable bonds is 2. The molecule has 2 N–H and O–H groups in total. The van der Waals surface area contributed by atoms with Crippen molar-refractivity contribution >= 4 is 0 Å². The second kappa shape index (κ2) is 5.48. The van der Waals surface area contributed by atoms with E-state index in [1.54, 1.807) is 0 Å². The Balaban J connectivity index is 1.57. The van der Waals surface area contributed by atoms with E-state index in [2.05, 4.69) is 16.7 Å². The highest BCUT2D eigenvalue weighted by Gasteiger charge is 2.35. The van der Waals surface area contributed by atoms with Crippen LogP contribution in [0.3, 0.4) is 0 Å². The quantitative estimate of drug-likeness (QED) is 0.810. The maximum atomic E-state index is 6.11. The molecule has 3 aliphatic rings. The summed E-state index contributed by atoms with van der Waals surface area (Å²) >= 11 is 0. The zero-order valence-electron chi connectivity index (χ0n) is 11.9. The van der Waals surface area contributed by atoms with Crippen LogP contribution in [-0.4, -0.2) is 54.1 Å². The van der Waals surface area contributed by atoms with Gasteiger partial charge < -0.3 is 10.6 Å². The van der Waals surface area contributed by atoms with Crippen LogP contribution in [-0.2, 0) is 0 Å². The molecule has 4 unspecified atom stereocenters. The van der Waals surface area contributed by atoms with Crippen molar-refractivity contribution in [3.63, 3.8) is 0 Å². The van der Waals surface area contributed by atoms with E-state index in [0.717, 1.165) is 18.0 Å². The van der Waals surface area contributed by atoms with Gasteiger partial charge in [0.05, 0.1) is 0 Å². The maximum Gasteiger partial charge on any atom is 0.0122 e. The molecular weight excluding hydrogens is 222 g/mol. The lowest BCUT2D eigenvalue weighted by Crippen LogP contribution is -2.52. The zero-order chi connectivity index (χ0) is 12.5. The Morgan fingerprint density at radius 3 is 2.50 bits per heavy atom. The number of hydrogen-bond donors (Lipinski definition) is 1. The van der Waals surface area contributed by atoms with Crippen molar-refractivity contribution < 1.29 is 0 Å². The van der Waals surface area contributed by atoms with Gasteiger partial charge in [-0.1, -0.05) is 0 Å². The first-order valence-electron chi connectivity index (χ1n) is 7.97. The molecule has 3 saturated heterocycles. The van der Waals surface area contributed by atoms with Gasteiger partial charge in [-0.05, 0) is 71.0 Å². The lowest BCUT2D eigenvalue weighted by atomic mass is 9.88. The lowest BCUT2D eigenvalue weighted by molar-refractivity contribution is 0.0530. The summed E-state index contributed by atoms with van der Waals surface area (Å²) in [6.07, 6.45) is 8.39. The molecule has 0 spiro atoms. The Kier molecular flexibility index (Phi) is 3.92. The van der Waals surface area contributed by atoms with Crippen LogP contribution in [0.4, 0.5) is 0 Å². The first kappa shape index (κ1) is 12.9. The number of nitrogens with zero attached hydrogens (tertiary/aromatic N) is 2. The third-order valence-corrected chi connectivity index (χ3v) is 5.54. The van der Waals surface area contributed by atoms with Crippen molar-refractivity contribution in [2.75, 3.05) is 26.2 Å². The molecule has 4 atom stereocenters. The molecule has 3 heteroatoms. The van der Waals surface area contributed by atoms with Crippen molar-refractivity contribution in [3.05, 3.63) is 0 Å². The van der Waals surface area contributed by atoms with Gasteiger partial charge in [-0.15, -0.1) is 0 Å². The molecule has 3 nitrogen and oxygen atoms in total. The molecule has 0 saturated carbocycles. The number of hydrogen-bond acceptors (Lipinski definition) is 3. The Labute approximate surface area is 112 Å². The molecule has 0 bridgehead atoms. The minimum absolute atomic E-state index is 0.374. The minimum Gasteiger partial charge on any atom is -0.328 e. The van der Waals surface area contributed by atoms with Crippen LogP contribution in [0.2, 0.25) is 0 Å². The standard InChI is InChI=1S/C15H29N3/c1-12(16)13-4-2-8-18(11-13)15-6-9-17-7-3-5-14(17)10-15/h12-15H,2-11,16H2,1H3. The number of nitrogens with two attached hydrogens (primary N) is 1. The third-order valence-electron chi connectivity index (χ3n) is 5.54. The van der Waals surface area contributed by atoms with E-state index in [1.807, 2.05) is 0 Å². The van der Waals surface area contributed by atoms with Crippen molar-refractivity contribution in [2.45, 2.75) is 63.6 Å². The van der Waals surface area contributed by atoms with E-state index in [4.69, 9.17) is 5.73 Å². The fourth-order valence-electron chi connectivity index (χ4n) is 4.34. The predicted octanol–water partition coefficient (Wildman–Crippen LogP) is 1.67. The third kappa shape index (κ3) is 2.59. The molecule has 0 aromatic rings. The van der Waals surface area contributed by atoms with E-state index in [-0.39, 0.29) is 0 Å². The summed E-state index contributed by atoms with van der Waals surface area (Å²) in [7, 11) is 0. The first-order valence-corrected chi connectivity index (χ1v) is 7.97. The molecule has 0 aromatic carbocycles. The summed E-state index contributed by atoms with van der Waals surface area (Å²) in [6.45, 7) is 7.47. The fraction of sp³-hybridized carbons (Fsp3) is 1.00. The van der Waals surface area contributed by atoms with Gasteiger partial charge in [0.15, 0.2) is 0 Å². The average molecular weight is 251 g/mol. The predicted molar refractivity (Wildman–Crippen MR) is 75.6 cm³/mol. The van der Waals surface area contributed by atoms with Crippen LogP contribution >= 0.6 is 0 Å². The van der Waals surface area contributed by atoms with E-state index in [1.165, 1.54) is 64.7 Å². The van der Waals surface area contributed by atoms with E-state index < -0.39 is 0 Å². The van der Waals surface area contributed by atoms with Crippen LogP contribution < -0.4 is 5.73 Å². The summed E-state index contributed by atoms with van der Waals surface area (Å²) in [5, 5.41) is 0. The molecule has 104 valence electrons. The van der Waals surface area contributed by atoms with Gasteiger partial charge in [-0.25, -0.2) is 0 Å². The first-order chi connectivity index (χ1) is 8.74. The van der Waals surface area contributed by atoms with Crippen LogP contribution in [0.5, 0.6) is 0 Å². The normalized spacial score (nSPS) is 40.7. The van der Waals surface area contributed by atoms with E-state index in [0.29, 0.717) is 6.04 Å². The van der Waals surface area contributed by atoms with E-state index >= 15 is 0 Å². The van der Waals surface area contributed by atoms with Gasteiger partial charge in [-0.2, -0.15) is 0 Å².